The summed E-state index contributed by atoms with van der Waals surface area (Å²) in [5.74, 6) is -0.0259. The quantitative estimate of drug-likeness (QED) is 0.773. The summed E-state index contributed by atoms with van der Waals surface area (Å²) in [5, 5.41) is 6.66. The number of ether oxygens (including phenoxy) is 1. The molecular formula is C18H18N4O3. The van der Waals surface area contributed by atoms with E-state index in [1.807, 2.05) is 53.4 Å². The number of carbonyl (C=O) groups is 1. The molecule has 1 atom stereocenters. The van der Waals surface area contributed by atoms with Crippen molar-refractivity contribution in [2.75, 3.05) is 13.2 Å². The standard InChI is InChI=1S/C18H18N4O3/c23-17(19-12-15-4-3-11-24-15)18-20-16(21-25-18)13-5-7-14(8-6-13)22-9-1-2-10-22/h1-2,5-10,15H,3-4,11-12H2,(H,19,23). The molecule has 128 valence electrons. The largest absolute Gasteiger partial charge is 0.376 e. The van der Waals surface area contributed by atoms with Crippen molar-refractivity contribution in [3.8, 4) is 17.1 Å². The molecule has 0 radical (unpaired) electrons. The molecule has 3 aromatic rings. The first-order chi connectivity index (χ1) is 12.3. The number of amides is 1. The lowest BCUT2D eigenvalue weighted by Gasteiger charge is -2.08. The fourth-order valence-electron chi connectivity index (χ4n) is 2.81. The molecule has 2 aromatic heterocycles. The second-order valence-electron chi connectivity index (χ2n) is 5.91. The molecule has 1 aromatic carbocycles. The summed E-state index contributed by atoms with van der Waals surface area (Å²) in [5.41, 5.74) is 1.82. The van der Waals surface area contributed by atoms with E-state index in [4.69, 9.17) is 9.26 Å². The Morgan fingerprint density at radius 2 is 2.04 bits per heavy atom. The summed E-state index contributed by atoms with van der Waals surface area (Å²) in [6, 6.07) is 11.7. The smallest absolute Gasteiger partial charge is 0.316 e. The first-order valence-corrected chi connectivity index (χ1v) is 8.27. The average molecular weight is 338 g/mol. The van der Waals surface area contributed by atoms with Crippen LogP contribution in [-0.2, 0) is 4.74 Å². The van der Waals surface area contributed by atoms with Crippen LogP contribution in [0.15, 0.2) is 53.3 Å². The predicted molar refractivity (Wildman–Crippen MR) is 90.4 cm³/mol. The second kappa shape index (κ2) is 6.90. The molecule has 1 aliphatic rings. The highest BCUT2D eigenvalue weighted by molar-refractivity contribution is 5.89. The molecule has 4 rings (SSSR count). The molecule has 1 unspecified atom stereocenters. The van der Waals surface area contributed by atoms with Crippen LogP contribution < -0.4 is 5.32 Å². The number of rotatable bonds is 5. The van der Waals surface area contributed by atoms with Gasteiger partial charge in [0.15, 0.2) is 0 Å². The number of nitrogens with zero attached hydrogens (tertiary/aromatic N) is 3. The Bertz CT molecular complexity index is 834. The van der Waals surface area contributed by atoms with Crippen LogP contribution in [0.4, 0.5) is 0 Å². The van der Waals surface area contributed by atoms with Crippen LogP contribution in [0.2, 0.25) is 0 Å². The van der Waals surface area contributed by atoms with Crippen molar-refractivity contribution < 1.29 is 14.1 Å². The van der Waals surface area contributed by atoms with Gasteiger partial charge in [0.25, 0.3) is 0 Å². The van der Waals surface area contributed by atoms with E-state index >= 15 is 0 Å². The molecule has 25 heavy (non-hydrogen) atoms. The highest BCUT2D eigenvalue weighted by Gasteiger charge is 2.20. The number of hydrogen-bond acceptors (Lipinski definition) is 5. The lowest BCUT2D eigenvalue weighted by molar-refractivity contribution is 0.0822. The minimum Gasteiger partial charge on any atom is -0.376 e. The van der Waals surface area contributed by atoms with E-state index < -0.39 is 0 Å². The molecule has 1 aliphatic heterocycles. The SMILES string of the molecule is O=C(NCC1CCCO1)c1nc(-c2ccc(-n3cccc3)cc2)no1. The fourth-order valence-corrected chi connectivity index (χ4v) is 2.81. The summed E-state index contributed by atoms with van der Waals surface area (Å²) in [7, 11) is 0. The molecule has 1 saturated heterocycles. The third kappa shape index (κ3) is 3.46. The number of benzene rings is 1. The van der Waals surface area contributed by atoms with Gasteiger partial charge in [0.05, 0.1) is 6.10 Å². The van der Waals surface area contributed by atoms with Crippen molar-refractivity contribution >= 4 is 5.91 Å². The summed E-state index contributed by atoms with van der Waals surface area (Å²) < 4.78 is 12.6. The Morgan fingerprint density at radius 3 is 2.76 bits per heavy atom. The van der Waals surface area contributed by atoms with Gasteiger partial charge >= 0.3 is 11.8 Å². The predicted octanol–water partition coefficient (Wildman–Crippen LogP) is 2.44. The van der Waals surface area contributed by atoms with Gasteiger partial charge in [0, 0.05) is 36.8 Å². The number of hydrogen-bond donors (Lipinski definition) is 1. The van der Waals surface area contributed by atoms with Gasteiger partial charge in [-0.05, 0) is 49.2 Å². The Balaban J connectivity index is 1.42. The van der Waals surface area contributed by atoms with Crippen LogP contribution in [0.1, 0.15) is 23.5 Å². The Morgan fingerprint density at radius 1 is 1.24 bits per heavy atom. The number of nitrogens with one attached hydrogen (secondary N) is 1. The molecule has 0 bridgehead atoms. The monoisotopic (exact) mass is 338 g/mol. The van der Waals surface area contributed by atoms with Gasteiger partial charge in [0.2, 0.25) is 5.82 Å². The zero-order chi connectivity index (χ0) is 17.1. The van der Waals surface area contributed by atoms with E-state index in [1.54, 1.807) is 0 Å². The molecular weight excluding hydrogens is 320 g/mol. The maximum absolute atomic E-state index is 12.1. The van der Waals surface area contributed by atoms with Gasteiger partial charge in [-0.2, -0.15) is 4.98 Å². The first-order valence-electron chi connectivity index (χ1n) is 8.27. The van der Waals surface area contributed by atoms with Gasteiger partial charge in [-0.25, -0.2) is 0 Å². The zero-order valence-corrected chi connectivity index (χ0v) is 13.6. The van der Waals surface area contributed by atoms with Crippen LogP contribution in [0.3, 0.4) is 0 Å². The summed E-state index contributed by atoms with van der Waals surface area (Å²) in [6.45, 7) is 1.21. The highest BCUT2D eigenvalue weighted by atomic mass is 16.5. The van der Waals surface area contributed by atoms with Crippen molar-refractivity contribution in [1.82, 2.24) is 20.0 Å². The lowest BCUT2D eigenvalue weighted by atomic mass is 10.2. The Labute approximate surface area is 144 Å². The summed E-state index contributed by atoms with van der Waals surface area (Å²) >= 11 is 0. The minimum atomic E-state index is -0.377. The fraction of sp³-hybridized carbons (Fsp3) is 0.278. The molecule has 1 amide bonds. The van der Waals surface area contributed by atoms with Crippen LogP contribution >= 0.6 is 0 Å². The second-order valence-corrected chi connectivity index (χ2v) is 5.91. The maximum atomic E-state index is 12.1. The highest BCUT2D eigenvalue weighted by Crippen LogP contribution is 2.18. The molecule has 0 aliphatic carbocycles. The lowest BCUT2D eigenvalue weighted by Crippen LogP contribution is -2.31. The minimum absolute atomic E-state index is 0.0394. The van der Waals surface area contributed by atoms with Crippen molar-refractivity contribution in [2.24, 2.45) is 0 Å². The van der Waals surface area contributed by atoms with Crippen LogP contribution in [0.25, 0.3) is 17.1 Å². The number of aromatic nitrogens is 3. The Kier molecular flexibility index (Phi) is 4.30. The van der Waals surface area contributed by atoms with Gasteiger partial charge in [-0.15, -0.1) is 0 Å². The molecule has 7 nitrogen and oxygen atoms in total. The van der Waals surface area contributed by atoms with E-state index in [0.717, 1.165) is 30.7 Å². The van der Waals surface area contributed by atoms with Gasteiger partial charge in [-0.3, -0.25) is 4.79 Å². The van der Waals surface area contributed by atoms with Gasteiger partial charge in [0.1, 0.15) is 0 Å². The van der Waals surface area contributed by atoms with E-state index in [2.05, 4.69) is 15.5 Å². The third-order valence-electron chi connectivity index (χ3n) is 4.16. The van der Waals surface area contributed by atoms with E-state index in [-0.39, 0.29) is 17.9 Å². The first kappa shape index (κ1) is 15.6. The normalized spacial score (nSPS) is 16.9. The average Bonchev–Trinajstić information content (AvgIpc) is 3.42. The van der Waals surface area contributed by atoms with E-state index in [9.17, 15) is 4.79 Å². The van der Waals surface area contributed by atoms with Crippen LogP contribution in [0.5, 0.6) is 0 Å². The summed E-state index contributed by atoms with van der Waals surface area (Å²) in [6.07, 6.45) is 6.01. The van der Waals surface area contributed by atoms with Gasteiger partial charge < -0.3 is 19.1 Å². The van der Waals surface area contributed by atoms with Crippen molar-refractivity contribution in [3.05, 3.63) is 54.7 Å². The van der Waals surface area contributed by atoms with Crippen molar-refractivity contribution in [1.29, 1.82) is 0 Å². The van der Waals surface area contributed by atoms with E-state index in [1.165, 1.54) is 0 Å². The third-order valence-corrected chi connectivity index (χ3v) is 4.16. The number of carbonyl (C=O) groups excluding carboxylic acids is 1. The molecule has 1 fully saturated rings. The van der Waals surface area contributed by atoms with Crippen molar-refractivity contribution in [3.63, 3.8) is 0 Å². The summed E-state index contributed by atoms with van der Waals surface area (Å²) in [4.78, 5) is 16.3. The molecule has 0 saturated carbocycles. The Hall–Kier alpha value is -2.93. The van der Waals surface area contributed by atoms with Gasteiger partial charge in [-0.1, -0.05) is 5.16 Å². The maximum Gasteiger partial charge on any atom is 0.316 e. The van der Waals surface area contributed by atoms with Crippen LogP contribution in [-0.4, -0.2) is 39.9 Å². The molecule has 0 spiro atoms. The zero-order valence-electron chi connectivity index (χ0n) is 13.6. The molecule has 3 heterocycles. The van der Waals surface area contributed by atoms with Crippen LogP contribution in [0, 0.1) is 0 Å². The molecule has 1 N–H and O–H groups in total. The van der Waals surface area contributed by atoms with Crippen molar-refractivity contribution in [2.45, 2.75) is 18.9 Å². The van der Waals surface area contributed by atoms with E-state index in [0.29, 0.717) is 12.4 Å². The topological polar surface area (TPSA) is 82.2 Å². The molecule has 7 heteroatoms.